The molecule has 3 aromatic rings. The van der Waals surface area contributed by atoms with Crippen molar-refractivity contribution in [1.82, 2.24) is 10.3 Å². The number of fused-ring (bicyclic) bond motifs is 2. The second-order valence-corrected chi connectivity index (χ2v) is 8.43. The van der Waals surface area contributed by atoms with Crippen LogP contribution in [-0.4, -0.2) is 49.9 Å². The molecular weight excluding hydrogens is 433 g/mol. The van der Waals surface area contributed by atoms with Gasteiger partial charge in [0.25, 0.3) is 0 Å². The van der Waals surface area contributed by atoms with Crippen LogP contribution in [0.25, 0.3) is 10.8 Å². The number of phenolic OH excluding ortho intramolecular Hbond substituents is 1. The molecule has 0 saturated carbocycles. The summed E-state index contributed by atoms with van der Waals surface area (Å²) in [5.74, 6) is 3.20. The zero-order valence-corrected chi connectivity index (χ0v) is 18.9. The van der Waals surface area contributed by atoms with Crippen LogP contribution in [0.3, 0.4) is 0 Å². The van der Waals surface area contributed by atoms with Crippen molar-refractivity contribution in [2.24, 2.45) is 0 Å². The summed E-state index contributed by atoms with van der Waals surface area (Å²) in [5.41, 5.74) is 3.06. The highest BCUT2D eigenvalue weighted by atomic mass is 19.1. The SMILES string of the molecule is C#Cc1c(F)ccc2cc(O)cc(N3CCc4c(N5CCNCC5)nc(OC)c(C#N)c4C3)c12. The summed E-state index contributed by atoms with van der Waals surface area (Å²) in [6.07, 6.45) is 6.30. The Bertz CT molecular complexity index is 1370. The molecule has 1 saturated heterocycles. The fraction of sp³-hybridized carbons (Fsp3) is 0.308. The third-order valence-corrected chi connectivity index (χ3v) is 6.58. The molecular formula is C26H24FN5O2. The Balaban J connectivity index is 1.67. The summed E-state index contributed by atoms with van der Waals surface area (Å²) in [6.45, 7) is 4.35. The van der Waals surface area contributed by atoms with E-state index in [9.17, 15) is 14.8 Å². The molecule has 7 nitrogen and oxygen atoms in total. The minimum atomic E-state index is -0.482. The predicted octanol–water partition coefficient (Wildman–Crippen LogP) is 2.91. The molecule has 0 radical (unpaired) electrons. The van der Waals surface area contributed by atoms with Gasteiger partial charge in [0.15, 0.2) is 0 Å². The molecule has 1 aromatic heterocycles. The topological polar surface area (TPSA) is 84.7 Å². The Hall–Kier alpha value is -4.01. The number of pyridine rings is 1. The molecule has 2 N–H and O–H groups in total. The quantitative estimate of drug-likeness (QED) is 0.585. The summed E-state index contributed by atoms with van der Waals surface area (Å²) in [6, 6.07) is 8.38. The molecule has 0 amide bonds. The van der Waals surface area contributed by atoms with Gasteiger partial charge in [0.05, 0.1) is 12.7 Å². The molecule has 34 heavy (non-hydrogen) atoms. The molecule has 2 aromatic carbocycles. The normalized spacial score (nSPS) is 15.5. The van der Waals surface area contributed by atoms with Crippen molar-refractivity contribution in [3.8, 4) is 30.0 Å². The van der Waals surface area contributed by atoms with Crippen LogP contribution in [0.4, 0.5) is 15.9 Å². The lowest BCUT2D eigenvalue weighted by molar-refractivity contribution is 0.394. The number of aromatic hydroxyl groups is 1. The average molecular weight is 458 g/mol. The summed E-state index contributed by atoms with van der Waals surface area (Å²) in [7, 11) is 1.52. The van der Waals surface area contributed by atoms with Crippen LogP contribution in [0.1, 0.15) is 22.3 Å². The third kappa shape index (κ3) is 3.53. The van der Waals surface area contributed by atoms with Gasteiger partial charge in [-0.2, -0.15) is 10.2 Å². The van der Waals surface area contributed by atoms with Crippen molar-refractivity contribution in [3.63, 3.8) is 0 Å². The molecule has 2 aliphatic heterocycles. The number of terminal acetylenes is 1. The fourth-order valence-electron chi connectivity index (χ4n) is 4.99. The lowest BCUT2D eigenvalue weighted by Gasteiger charge is -2.36. The first-order chi connectivity index (χ1) is 16.5. The van der Waals surface area contributed by atoms with Crippen LogP contribution >= 0.6 is 0 Å². The average Bonchev–Trinajstić information content (AvgIpc) is 2.87. The number of methoxy groups -OCH3 is 1. The number of hydrogen-bond donors (Lipinski definition) is 2. The highest BCUT2D eigenvalue weighted by Crippen LogP contribution is 2.40. The van der Waals surface area contributed by atoms with Gasteiger partial charge in [-0.05, 0) is 23.9 Å². The Kier molecular flexibility index (Phi) is 5.61. The first-order valence-corrected chi connectivity index (χ1v) is 11.2. The van der Waals surface area contributed by atoms with E-state index in [1.807, 2.05) is 4.90 Å². The number of ether oxygens (including phenoxy) is 1. The molecule has 0 bridgehead atoms. The van der Waals surface area contributed by atoms with Gasteiger partial charge in [-0.25, -0.2) is 4.39 Å². The molecule has 2 aliphatic rings. The molecule has 0 unspecified atom stereocenters. The number of aromatic nitrogens is 1. The van der Waals surface area contributed by atoms with Gasteiger partial charge in [0.2, 0.25) is 5.88 Å². The van der Waals surface area contributed by atoms with Crippen molar-refractivity contribution in [2.75, 3.05) is 49.6 Å². The van der Waals surface area contributed by atoms with E-state index < -0.39 is 5.82 Å². The second-order valence-electron chi connectivity index (χ2n) is 8.43. The number of benzene rings is 2. The maximum absolute atomic E-state index is 14.6. The summed E-state index contributed by atoms with van der Waals surface area (Å²) in [4.78, 5) is 8.98. The van der Waals surface area contributed by atoms with Crippen LogP contribution < -0.4 is 19.9 Å². The lowest BCUT2D eigenvalue weighted by atomic mass is 9.94. The highest BCUT2D eigenvalue weighted by Gasteiger charge is 2.30. The van der Waals surface area contributed by atoms with Crippen LogP contribution in [-0.2, 0) is 13.0 Å². The molecule has 172 valence electrons. The lowest BCUT2D eigenvalue weighted by Crippen LogP contribution is -2.45. The standard InChI is InChI=1S/C26H24FN5O2/c1-3-18-22(27)5-4-16-12-17(33)13-23(24(16)18)32-9-6-19-21(15-32)20(14-28)26(34-2)30-25(19)31-10-7-29-8-11-31/h1,4-5,12-13,29,33H,6-11,15H2,2H3. The van der Waals surface area contributed by atoms with Crippen molar-refractivity contribution < 1.29 is 14.2 Å². The van der Waals surface area contributed by atoms with Crippen molar-refractivity contribution >= 4 is 22.3 Å². The van der Waals surface area contributed by atoms with Crippen LogP contribution in [0.2, 0.25) is 0 Å². The molecule has 8 heteroatoms. The second kappa shape index (κ2) is 8.74. The van der Waals surface area contributed by atoms with E-state index in [2.05, 4.69) is 22.2 Å². The van der Waals surface area contributed by atoms with E-state index >= 15 is 0 Å². The van der Waals surface area contributed by atoms with Crippen molar-refractivity contribution in [1.29, 1.82) is 5.26 Å². The summed E-state index contributed by atoms with van der Waals surface area (Å²) >= 11 is 0. The number of anilines is 2. The number of nitriles is 1. The van der Waals surface area contributed by atoms with Crippen LogP contribution in [0, 0.1) is 29.5 Å². The number of halogens is 1. The molecule has 0 atom stereocenters. The van der Waals surface area contributed by atoms with E-state index in [1.54, 1.807) is 18.2 Å². The largest absolute Gasteiger partial charge is 0.508 e. The number of nitrogens with zero attached hydrogens (tertiary/aromatic N) is 4. The maximum Gasteiger partial charge on any atom is 0.233 e. The number of hydrogen-bond acceptors (Lipinski definition) is 7. The fourth-order valence-corrected chi connectivity index (χ4v) is 4.99. The van der Waals surface area contributed by atoms with Crippen LogP contribution in [0.5, 0.6) is 11.6 Å². The van der Waals surface area contributed by atoms with Gasteiger partial charge in [0.1, 0.15) is 29.0 Å². The number of nitrogens with one attached hydrogen (secondary N) is 1. The van der Waals surface area contributed by atoms with Gasteiger partial charge in [0, 0.05) is 67.5 Å². The Morgan fingerprint density at radius 2 is 1.94 bits per heavy atom. The van der Waals surface area contributed by atoms with E-state index in [0.717, 1.165) is 43.1 Å². The Morgan fingerprint density at radius 3 is 2.65 bits per heavy atom. The Labute approximate surface area is 197 Å². The number of phenols is 1. The van der Waals surface area contributed by atoms with E-state index in [4.69, 9.17) is 16.1 Å². The zero-order valence-electron chi connectivity index (χ0n) is 18.9. The smallest absolute Gasteiger partial charge is 0.233 e. The van der Waals surface area contributed by atoms with Gasteiger partial charge in [-0.3, -0.25) is 0 Å². The van der Waals surface area contributed by atoms with Crippen molar-refractivity contribution in [2.45, 2.75) is 13.0 Å². The van der Waals surface area contributed by atoms with Gasteiger partial charge in [-0.15, -0.1) is 6.42 Å². The maximum atomic E-state index is 14.6. The van der Waals surface area contributed by atoms with E-state index in [-0.39, 0.29) is 11.3 Å². The monoisotopic (exact) mass is 457 g/mol. The molecule has 1 fully saturated rings. The highest BCUT2D eigenvalue weighted by molar-refractivity contribution is 6.00. The number of rotatable bonds is 3. The molecule has 5 rings (SSSR count). The number of piperazine rings is 1. The Morgan fingerprint density at radius 1 is 1.15 bits per heavy atom. The minimum absolute atomic E-state index is 0.0668. The van der Waals surface area contributed by atoms with Gasteiger partial charge >= 0.3 is 0 Å². The first-order valence-electron chi connectivity index (χ1n) is 11.2. The van der Waals surface area contributed by atoms with Gasteiger partial charge < -0.3 is 25.0 Å². The van der Waals surface area contributed by atoms with E-state index in [1.165, 1.54) is 13.2 Å². The summed E-state index contributed by atoms with van der Waals surface area (Å²) < 4.78 is 20.1. The van der Waals surface area contributed by atoms with Gasteiger partial charge in [-0.1, -0.05) is 12.0 Å². The summed E-state index contributed by atoms with van der Waals surface area (Å²) in [5, 5.41) is 25.0. The predicted molar refractivity (Wildman–Crippen MR) is 129 cm³/mol. The molecule has 0 aliphatic carbocycles. The zero-order chi connectivity index (χ0) is 23.8. The van der Waals surface area contributed by atoms with Crippen molar-refractivity contribution in [3.05, 3.63) is 52.3 Å². The van der Waals surface area contributed by atoms with E-state index in [0.29, 0.717) is 47.4 Å². The van der Waals surface area contributed by atoms with Crippen LogP contribution in [0.15, 0.2) is 24.3 Å². The molecule has 0 spiro atoms. The molecule has 3 heterocycles. The minimum Gasteiger partial charge on any atom is -0.508 e. The first kappa shape index (κ1) is 21.8. The third-order valence-electron chi connectivity index (χ3n) is 6.58.